The lowest BCUT2D eigenvalue weighted by molar-refractivity contribution is -0.150. The molecule has 1 fully saturated rings. The van der Waals surface area contributed by atoms with Crippen LogP contribution in [0.5, 0.6) is 0 Å². The highest BCUT2D eigenvalue weighted by molar-refractivity contribution is 5.85. The Labute approximate surface area is 121 Å². The number of halogens is 1. The molecule has 2 N–H and O–H groups in total. The molecule has 1 atom stereocenters. The molecule has 1 aliphatic rings. The second kappa shape index (κ2) is 7.10. The van der Waals surface area contributed by atoms with Gasteiger partial charge in [0.05, 0.1) is 17.9 Å². The molecule has 1 amide bonds. The molecule has 1 rings (SSSR count). The van der Waals surface area contributed by atoms with Gasteiger partial charge in [0.25, 0.3) is 0 Å². The fraction of sp³-hybridized carbons (Fsp3) is 0.846. The minimum atomic E-state index is -0.692. The van der Waals surface area contributed by atoms with E-state index in [-0.39, 0.29) is 29.7 Å². The molecule has 112 valence electrons. The fourth-order valence-electron chi connectivity index (χ4n) is 2.11. The number of ether oxygens (including phenoxy) is 1. The number of hydrogen-bond acceptors (Lipinski definition) is 4. The molecule has 0 saturated carbocycles. The third-order valence-corrected chi connectivity index (χ3v) is 3.57. The number of carbonyl (C=O) groups excluding carboxylic acids is 2. The van der Waals surface area contributed by atoms with Crippen molar-refractivity contribution >= 4 is 24.3 Å². The molecule has 1 aliphatic heterocycles. The van der Waals surface area contributed by atoms with Crippen molar-refractivity contribution in [3.63, 3.8) is 0 Å². The van der Waals surface area contributed by atoms with Crippen molar-refractivity contribution in [1.82, 2.24) is 10.6 Å². The first-order valence-electron chi connectivity index (χ1n) is 6.39. The van der Waals surface area contributed by atoms with Crippen molar-refractivity contribution in [2.75, 3.05) is 26.7 Å². The number of hydrogen-bond donors (Lipinski definition) is 2. The minimum Gasteiger partial charge on any atom is -0.469 e. The lowest BCUT2D eigenvalue weighted by atomic mass is 9.81. The summed E-state index contributed by atoms with van der Waals surface area (Å²) in [5.41, 5.74) is -1.06. The molecule has 0 radical (unpaired) electrons. The average Bonchev–Trinajstić information content (AvgIpc) is 2.35. The van der Waals surface area contributed by atoms with Crippen LogP contribution in [0.15, 0.2) is 0 Å². The third kappa shape index (κ3) is 4.66. The van der Waals surface area contributed by atoms with Crippen molar-refractivity contribution in [2.24, 2.45) is 10.8 Å². The van der Waals surface area contributed by atoms with Crippen LogP contribution in [-0.4, -0.2) is 38.6 Å². The molecule has 0 bridgehead atoms. The van der Waals surface area contributed by atoms with Gasteiger partial charge in [0.15, 0.2) is 0 Å². The fourth-order valence-corrected chi connectivity index (χ4v) is 2.11. The maximum atomic E-state index is 12.2. The van der Waals surface area contributed by atoms with Crippen LogP contribution in [-0.2, 0) is 14.3 Å². The van der Waals surface area contributed by atoms with Crippen LogP contribution in [0.2, 0.25) is 0 Å². The first-order chi connectivity index (χ1) is 8.32. The first-order valence-corrected chi connectivity index (χ1v) is 6.39. The maximum Gasteiger partial charge on any atom is 0.313 e. The summed E-state index contributed by atoms with van der Waals surface area (Å²) >= 11 is 0. The topological polar surface area (TPSA) is 67.4 Å². The summed E-state index contributed by atoms with van der Waals surface area (Å²) in [5.74, 6) is -0.304. The van der Waals surface area contributed by atoms with Crippen LogP contribution in [0.25, 0.3) is 0 Å². The summed E-state index contributed by atoms with van der Waals surface area (Å²) in [6.07, 6.45) is 1.88. The highest BCUT2D eigenvalue weighted by Gasteiger charge is 2.36. The number of carbonyl (C=O) groups is 2. The summed E-state index contributed by atoms with van der Waals surface area (Å²) in [6.45, 7) is 7.45. The normalized spacial score (nSPS) is 23.2. The zero-order valence-corrected chi connectivity index (χ0v) is 13.0. The minimum absolute atomic E-state index is 0. The summed E-state index contributed by atoms with van der Waals surface area (Å²) < 4.78 is 4.72. The van der Waals surface area contributed by atoms with Crippen LogP contribution in [0.3, 0.4) is 0 Å². The van der Waals surface area contributed by atoms with Gasteiger partial charge < -0.3 is 15.4 Å². The van der Waals surface area contributed by atoms with Gasteiger partial charge in [-0.15, -0.1) is 12.4 Å². The predicted molar refractivity (Wildman–Crippen MR) is 76.3 cm³/mol. The monoisotopic (exact) mass is 292 g/mol. The van der Waals surface area contributed by atoms with E-state index in [0.717, 1.165) is 19.4 Å². The van der Waals surface area contributed by atoms with Gasteiger partial charge in [0.1, 0.15) is 0 Å². The van der Waals surface area contributed by atoms with Gasteiger partial charge in [-0.2, -0.15) is 0 Å². The quantitative estimate of drug-likeness (QED) is 0.762. The van der Waals surface area contributed by atoms with Gasteiger partial charge in [-0.25, -0.2) is 0 Å². The van der Waals surface area contributed by atoms with Gasteiger partial charge in [-0.1, -0.05) is 0 Å². The van der Waals surface area contributed by atoms with Crippen LogP contribution >= 0.6 is 12.4 Å². The van der Waals surface area contributed by atoms with Crippen molar-refractivity contribution in [2.45, 2.75) is 33.6 Å². The summed E-state index contributed by atoms with van der Waals surface area (Å²) in [6, 6.07) is 0. The molecule has 0 aromatic rings. The first kappa shape index (κ1) is 18.2. The van der Waals surface area contributed by atoms with Gasteiger partial charge in [-0.3, -0.25) is 9.59 Å². The molecular formula is C13H25ClN2O3. The Kier molecular flexibility index (Phi) is 6.80. The SMILES string of the molecule is COC(=O)C(C)(C)CNC(=O)C1(C)CCCNC1.Cl. The number of methoxy groups -OCH3 is 1. The molecule has 1 heterocycles. The molecule has 19 heavy (non-hydrogen) atoms. The summed E-state index contributed by atoms with van der Waals surface area (Å²) in [7, 11) is 1.36. The second-order valence-electron chi connectivity index (χ2n) is 5.90. The van der Waals surface area contributed by atoms with E-state index in [1.165, 1.54) is 7.11 Å². The largest absolute Gasteiger partial charge is 0.469 e. The molecule has 0 aromatic heterocycles. The van der Waals surface area contributed by atoms with Crippen molar-refractivity contribution < 1.29 is 14.3 Å². The van der Waals surface area contributed by atoms with Crippen molar-refractivity contribution in [3.05, 3.63) is 0 Å². The van der Waals surface area contributed by atoms with E-state index < -0.39 is 5.41 Å². The summed E-state index contributed by atoms with van der Waals surface area (Å²) in [5, 5.41) is 6.10. The summed E-state index contributed by atoms with van der Waals surface area (Å²) in [4.78, 5) is 23.7. The Hall–Kier alpha value is -0.810. The smallest absolute Gasteiger partial charge is 0.313 e. The number of rotatable bonds is 4. The van der Waals surface area contributed by atoms with Crippen molar-refractivity contribution in [1.29, 1.82) is 0 Å². The van der Waals surface area contributed by atoms with Crippen LogP contribution < -0.4 is 10.6 Å². The zero-order chi connectivity index (χ0) is 13.8. The predicted octanol–water partition coefficient (Wildman–Crippen LogP) is 1.11. The van der Waals surface area contributed by atoms with Crippen LogP contribution in [0, 0.1) is 10.8 Å². The third-order valence-electron chi connectivity index (χ3n) is 3.57. The van der Waals surface area contributed by atoms with Crippen LogP contribution in [0.4, 0.5) is 0 Å². The highest BCUT2D eigenvalue weighted by atomic mass is 35.5. The van der Waals surface area contributed by atoms with E-state index in [9.17, 15) is 9.59 Å². The number of esters is 1. The number of piperidine rings is 1. The lowest BCUT2D eigenvalue weighted by Crippen LogP contribution is -2.51. The molecule has 1 unspecified atom stereocenters. The Morgan fingerprint density at radius 3 is 2.53 bits per heavy atom. The van der Waals surface area contributed by atoms with Gasteiger partial charge in [-0.05, 0) is 40.2 Å². The van der Waals surface area contributed by atoms with E-state index in [1.54, 1.807) is 13.8 Å². The van der Waals surface area contributed by atoms with Crippen molar-refractivity contribution in [3.8, 4) is 0 Å². The van der Waals surface area contributed by atoms with E-state index in [0.29, 0.717) is 13.1 Å². The molecule has 0 aliphatic carbocycles. The highest BCUT2D eigenvalue weighted by Crippen LogP contribution is 2.26. The van der Waals surface area contributed by atoms with E-state index in [2.05, 4.69) is 10.6 Å². The van der Waals surface area contributed by atoms with Gasteiger partial charge in [0.2, 0.25) is 5.91 Å². The molecule has 0 spiro atoms. The Morgan fingerprint density at radius 2 is 2.05 bits per heavy atom. The molecule has 0 aromatic carbocycles. The van der Waals surface area contributed by atoms with Gasteiger partial charge >= 0.3 is 5.97 Å². The second-order valence-corrected chi connectivity index (χ2v) is 5.90. The zero-order valence-electron chi connectivity index (χ0n) is 12.2. The Morgan fingerprint density at radius 1 is 1.42 bits per heavy atom. The maximum absolute atomic E-state index is 12.2. The lowest BCUT2D eigenvalue weighted by Gasteiger charge is -2.33. The average molecular weight is 293 g/mol. The molecular weight excluding hydrogens is 268 g/mol. The molecule has 6 heteroatoms. The van der Waals surface area contributed by atoms with E-state index >= 15 is 0 Å². The molecule has 5 nitrogen and oxygen atoms in total. The van der Waals surface area contributed by atoms with Crippen LogP contribution in [0.1, 0.15) is 33.6 Å². The number of amides is 1. The molecule has 1 saturated heterocycles. The van der Waals surface area contributed by atoms with E-state index in [4.69, 9.17) is 4.74 Å². The standard InChI is InChI=1S/C13H24N2O3.ClH/c1-12(2,11(17)18-4)8-15-10(16)13(3)6-5-7-14-9-13;/h14H,5-9H2,1-4H3,(H,15,16);1H. The Bertz CT molecular complexity index is 326. The number of nitrogens with one attached hydrogen (secondary N) is 2. The Balaban J connectivity index is 0.00000324. The van der Waals surface area contributed by atoms with E-state index in [1.807, 2.05) is 6.92 Å². The van der Waals surface area contributed by atoms with Gasteiger partial charge in [0, 0.05) is 13.1 Å².